The van der Waals surface area contributed by atoms with E-state index >= 15 is 0 Å². The highest BCUT2D eigenvalue weighted by atomic mass is 32.2. The molecule has 0 radical (unpaired) electrons. The van der Waals surface area contributed by atoms with Gasteiger partial charge in [-0.15, -0.1) is 0 Å². The molecule has 1 N–H and O–H groups in total. The maximum absolute atomic E-state index is 12.9. The van der Waals surface area contributed by atoms with Crippen LogP contribution in [-0.2, 0) is 9.59 Å². The summed E-state index contributed by atoms with van der Waals surface area (Å²) in [5, 5.41) is 2.87. The number of hydrogen-bond donors (Lipinski definition) is 1. The number of nitrogens with one attached hydrogen (secondary N) is 1. The predicted molar refractivity (Wildman–Crippen MR) is 139 cm³/mol. The Morgan fingerprint density at radius 1 is 1.09 bits per heavy atom. The third-order valence-electron chi connectivity index (χ3n) is 5.52. The number of thioether (sulfide) groups is 1. The zero-order valence-electron chi connectivity index (χ0n) is 19.5. The molecule has 2 aromatic rings. The van der Waals surface area contributed by atoms with Crippen LogP contribution in [0.2, 0.25) is 0 Å². The van der Waals surface area contributed by atoms with E-state index in [1.165, 1.54) is 11.8 Å². The fourth-order valence-electron chi connectivity index (χ4n) is 3.72. The highest BCUT2D eigenvalue weighted by molar-refractivity contribution is 8.26. The monoisotopic (exact) mass is 514 g/mol. The highest BCUT2D eigenvalue weighted by Crippen LogP contribution is 2.35. The number of methoxy groups -OCH3 is 2. The summed E-state index contributed by atoms with van der Waals surface area (Å²) in [5.74, 6) is 2.37. The molecule has 1 saturated heterocycles. The van der Waals surface area contributed by atoms with Crippen molar-refractivity contribution in [3.63, 3.8) is 0 Å². The van der Waals surface area contributed by atoms with Gasteiger partial charge >= 0.3 is 0 Å². The molecule has 35 heavy (non-hydrogen) atoms. The Bertz CT molecular complexity index is 1170. The number of rotatable bonds is 10. The van der Waals surface area contributed by atoms with Crippen molar-refractivity contribution in [1.29, 1.82) is 0 Å². The number of hydrogen-bond acceptors (Lipinski definition) is 8. The van der Waals surface area contributed by atoms with Crippen LogP contribution in [0.25, 0.3) is 6.08 Å². The van der Waals surface area contributed by atoms with Gasteiger partial charge in [0.25, 0.3) is 5.91 Å². The summed E-state index contributed by atoms with van der Waals surface area (Å²) in [4.78, 5) is 27.3. The SMILES string of the molecule is COc1ccc(/C=C2\SC(=S)N(CCCCCC(=O)Nc3ccc4c(c3)OCO4)C2=O)cc1OC. The van der Waals surface area contributed by atoms with E-state index in [4.69, 9.17) is 31.2 Å². The smallest absolute Gasteiger partial charge is 0.266 e. The number of unbranched alkanes of at least 4 members (excludes halogenated alkanes) is 2. The Labute approximate surface area is 213 Å². The number of benzene rings is 2. The number of anilines is 1. The van der Waals surface area contributed by atoms with Crippen molar-refractivity contribution in [1.82, 2.24) is 4.90 Å². The van der Waals surface area contributed by atoms with Crippen molar-refractivity contribution in [3.8, 4) is 23.0 Å². The average Bonchev–Trinajstić information content (AvgIpc) is 3.42. The van der Waals surface area contributed by atoms with E-state index in [-0.39, 0.29) is 18.6 Å². The number of amides is 2. The van der Waals surface area contributed by atoms with Crippen molar-refractivity contribution in [2.24, 2.45) is 0 Å². The summed E-state index contributed by atoms with van der Waals surface area (Å²) in [6, 6.07) is 10.8. The van der Waals surface area contributed by atoms with Crippen LogP contribution in [0.1, 0.15) is 31.2 Å². The van der Waals surface area contributed by atoms with Crippen LogP contribution < -0.4 is 24.3 Å². The molecule has 0 bridgehead atoms. The number of nitrogens with zero attached hydrogens (tertiary/aromatic N) is 1. The summed E-state index contributed by atoms with van der Waals surface area (Å²) in [6.07, 6.45) is 4.48. The number of ether oxygens (including phenoxy) is 4. The second-order valence-electron chi connectivity index (χ2n) is 7.87. The van der Waals surface area contributed by atoms with Gasteiger partial charge in [0.1, 0.15) is 4.32 Å². The van der Waals surface area contributed by atoms with E-state index in [2.05, 4.69) is 5.32 Å². The first-order valence-electron chi connectivity index (χ1n) is 11.2. The predicted octanol–water partition coefficient (Wildman–Crippen LogP) is 4.83. The molecular weight excluding hydrogens is 488 g/mol. The zero-order valence-corrected chi connectivity index (χ0v) is 21.1. The van der Waals surface area contributed by atoms with Gasteiger partial charge in [-0.05, 0) is 48.7 Å². The van der Waals surface area contributed by atoms with E-state index < -0.39 is 0 Å². The van der Waals surface area contributed by atoms with Crippen molar-refractivity contribution >= 4 is 51.9 Å². The lowest BCUT2D eigenvalue weighted by molar-refractivity contribution is -0.122. The molecule has 0 atom stereocenters. The molecule has 0 spiro atoms. The number of carbonyl (C=O) groups excluding carboxylic acids is 2. The molecule has 0 aliphatic carbocycles. The number of carbonyl (C=O) groups is 2. The summed E-state index contributed by atoms with van der Waals surface area (Å²) in [6.45, 7) is 0.722. The van der Waals surface area contributed by atoms with Crippen LogP contribution in [0.5, 0.6) is 23.0 Å². The second kappa shape index (κ2) is 11.5. The first-order valence-corrected chi connectivity index (χ1v) is 12.4. The first-order chi connectivity index (χ1) is 17.0. The maximum Gasteiger partial charge on any atom is 0.266 e. The molecular formula is C25H26N2O6S2. The average molecular weight is 515 g/mol. The maximum atomic E-state index is 12.9. The summed E-state index contributed by atoms with van der Waals surface area (Å²) in [7, 11) is 3.15. The van der Waals surface area contributed by atoms with Gasteiger partial charge in [0, 0.05) is 24.7 Å². The molecule has 184 valence electrons. The van der Waals surface area contributed by atoms with E-state index in [9.17, 15) is 9.59 Å². The van der Waals surface area contributed by atoms with Crippen molar-refractivity contribution in [3.05, 3.63) is 46.9 Å². The standard InChI is InChI=1S/C25H26N2O6S2/c1-30-18-9-7-16(12-20(18)31-2)13-22-24(29)27(25(34)35-22)11-5-3-4-6-23(28)26-17-8-10-19-21(14-17)33-15-32-19/h7-10,12-14H,3-6,11,15H2,1-2H3,(H,26,28)/b22-13-. The fraction of sp³-hybridized carbons (Fsp3) is 0.320. The van der Waals surface area contributed by atoms with Crippen LogP contribution in [0.3, 0.4) is 0 Å². The lowest BCUT2D eigenvalue weighted by Gasteiger charge is -2.14. The minimum Gasteiger partial charge on any atom is -0.493 e. The number of thiocarbonyl (C=S) groups is 1. The minimum atomic E-state index is -0.102. The quantitative estimate of drug-likeness (QED) is 0.274. The molecule has 1 fully saturated rings. The Kier molecular flexibility index (Phi) is 8.14. The van der Waals surface area contributed by atoms with E-state index in [0.717, 1.165) is 18.4 Å². The third kappa shape index (κ3) is 6.07. The Morgan fingerprint density at radius 3 is 2.69 bits per heavy atom. The Morgan fingerprint density at radius 2 is 1.89 bits per heavy atom. The van der Waals surface area contributed by atoms with Gasteiger partial charge in [0.05, 0.1) is 19.1 Å². The third-order valence-corrected chi connectivity index (χ3v) is 6.90. The summed E-state index contributed by atoms with van der Waals surface area (Å²) in [5.41, 5.74) is 1.51. The molecule has 2 amide bonds. The molecule has 10 heteroatoms. The molecule has 2 heterocycles. The van der Waals surface area contributed by atoms with Gasteiger partial charge < -0.3 is 24.3 Å². The van der Waals surface area contributed by atoms with Crippen LogP contribution >= 0.6 is 24.0 Å². The van der Waals surface area contributed by atoms with Gasteiger partial charge in [-0.3, -0.25) is 14.5 Å². The number of fused-ring (bicyclic) bond motifs is 1. The van der Waals surface area contributed by atoms with Crippen molar-refractivity contribution in [2.45, 2.75) is 25.7 Å². The van der Waals surface area contributed by atoms with Crippen LogP contribution in [0.4, 0.5) is 5.69 Å². The van der Waals surface area contributed by atoms with E-state index in [1.54, 1.807) is 43.4 Å². The van der Waals surface area contributed by atoms with Gasteiger partial charge in [-0.2, -0.15) is 0 Å². The van der Waals surface area contributed by atoms with Crippen LogP contribution in [0, 0.1) is 0 Å². The highest BCUT2D eigenvalue weighted by Gasteiger charge is 2.31. The molecule has 2 aliphatic rings. The topological polar surface area (TPSA) is 86.3 Å². The lowest BCUT2D eigenvalue weighted by atomic mass is 10.1. The fourth-order valence-corrected chi connectivity index (χ4v) is 5.03. The minimum absolute atomic E-state index is 0.0627. The summed E-state index contributed by atoms with van der Waals surface area (Å²) >= 11 is 6.72. The molecule has 0 unspecified atom stereocenters. The molecule has 2 aromatic carbocycles. The molecule has 0 saturated carbocycles. The second-order valence-corrected chi connectivity index (χ2v) is 9.55. The summed E-state index contributed by atoms with van der Waals surface area (Å²) < 4.78 is 21.7. The van der Waals surface area contributed by atoms with E-state index in [0.29, 0.717) is 57.3 Å². The molecule has 0 aromatic heterocycles. The van der Waals surface area contributed by atoms with Gasteiger partial charge in [0.2, 0.25) is 12.7 Å². The van der Waals surface area contributed by atoms with Gasteiger partial charge in [-0.25, -0.2) is 0 Å². The zero-order chi connectivity index (χ0) is 24.8. The molecule has 4 rings (SSSR count). The Hall–Kier alpha value is -3.24. The van der Waals surface area contributed by atoms with Crippen LogP contribution in [-0.4, -0.2) is 48.6 Å². The normalized spacial score (nSPS) is 15.6. The first kappa shape index (κ1) is 24.9. The molecule has 8 nitrogen and oxygen atoms in total. The largest absolute Gasteiger partial charge is 0.493 e. The van der Waals surface area contributed by atoms with Crippen molar-refractivity contribution in [2.75, 3.05) is 32.9 Å². The van der Waals surface area contributed by atoms with E-state index in [1.807, 2.05) is 18.2 Å². The van der Waals surface area contributed by atoms with Crippen LogP contribution in [0.15, 0.2) is 41.3 Å². The Balaban J connectivity index is 1.22. The van der Waals surface area contributed by atoms with Gasteiger partial charge in [-0.1, -0.05) is 36.5 Å². The molecule has 2 aliphatic heterocycles. The van der Waals surface area contributed by atoms with Crippen molar-refractivity contribution < 1.29 is 28.5 Å². The lowest BCUT2D eigenvalue weighted by Crippen LogP contribution is -2.29. The van der Waals surface area contributed by atoms with Gasteiger partial charge in [0.15, 0.2) is 23.0 Å².